The van der Waals surface area contributed by atoms with Gasteiger partial charge in [-0.3, -0.25) is 43.3 Å². The maximum Gasteiger partial charge on any atom is 0.271 e. The fourth-order valence-electron chi connectivity index (χ4n) is 3.71. The van der Waals surface area contributed by atoms with Gasteiger partial charge in [0.1, 0.15) is 23.0 Å². The predicted molar refractivity (Wildman–Crippen MR) is 193 cm³/mol. The van der Waals surface area contributed by atoms with E-state index < -0.39 is 0 Å². The molecule has 4 aromatic rings. The van der Waals surface area contributed by atoms with Gasteiger partial charge in [-0.05, 0) is 31.5 Å². The second-order valence-corrected chi connectivity index (χ2v) is 10.4. The molecule has 53 heavy (non-hydrogen) atoms. The second-order valence-electron chi connectivity index (χ2n) is 10.4. The normalized spacial score (nSPS) is 12.1. The highest BCUT2D eigenvalue weighted by molar-refractivity contribution is 5.94. The molecular weight excluding hydrogens is 692 g/mol. The van der Waals surface area contributed by atoms with Crippen molar-refractivity contribution in [3.63, 3.8) is 0 Å². The van der Waals surface area contributed by atoms with Crippen LogP contribution in [0.2, 0.25) is 0 Å². The SMILES string of the molecule is CNC(=O)C1CCC(=O)N1.CNC(=O)c1ccc(=O)[nH]c1.CNC(=O)c1ccc[nH]c1=O.CNC(=O)c1cn(C)cn1.CNC(=O)c1cnc(C)cn1. The molecule has 0 bridgehead atoms. The van der Waals surface area contributed by atoms with Crippen LogP contribution in [0.25, 0.3) is 0 Å². The Bertz CT molecular complexity index is 1920. The summed E-state index contributed by atoms with van der Waals surface area (Å²) in [5.41, 5.74) is 1.60. The molecule has 1 atom stereocenters. The van der Waals surface area contributed by atoms with E-state index in [9.17, 15) is 38.4 Å². The number of rotatable bonds is 5. The Kier molecular flexibility index (Phi) is 19.5. The van der Waals surface area contributed by atoms with Gasteiger partial charge in [-0.2, -0.15) is 0 Å². The minimum absolute atomic E-state index is 0.0337. The Morgan fingerprint density at radius 3 is 1.85 bits per heavy atom. The molecule has 0 radical (unpaired) electrons. The number of imidazole rings is 1. The predicted octanol–water partition coefficient (Wildman–Crippen LogP) is -1.60. The molecule has 1 saturated heterocycles. The first-order chi connectivity index (χ1) is 25.2. The number of H-pyrrole nitrogens is 2. The molecule has 20 nitrogen and oxygen atoms in total. The van der Waals surface area contributed by atoms with Gasteiger partial charge in [-0.25, -0.2) is 9.97 Å². The average molecular weight is 737 g/mol. The number of carbonyl (C=O) groups is 6. The minimum atomic E-state index is -0.369. The summed E-state index contributed by atoms with van der Waals surface area (Å²) in [6.07, 6.45) is 10.2. The number of likely N-dealkylation sites (N-methyl/N-ethyl adjacent to an activating group) is 1. The maximum atomic E-state index is 10.9. The third-order valence-electron chi connectivity index (χ3n) is 6.53. The number of aromatic nitrogens is 6. The third-order valence-corrected chi connectivity index (χ3v) is 6.53. The molecule has 1 fully saturated rings. The molecule has 0 aliphatic carbocycles. The number of hydrogen-bond donors (Lipinski definition) is 8. The zero-order valence-corrected chi connectivity index (χ0v) is 30.3. The van der Waals surface area contributed by atoms with E-state index in [-0.39, 0.29) is 58.2 Å². The van der Waals surface area contributed by atoms with Crippen molar-refractivity contribution in [3.05, 3.63) is 110 Å². The molecule has 284 valence electrons. The number of nitrogens with zero attached hydrogens (tertiary/aromatic N) is 4. The van der Waals surface area contributed by atoms with E-state index >= 15 is 0 Å². The van der Waals surface area contributed by atoms with Gasteiger partial charge in [0.2, 0.25) is 17.4 Å². The Labute approximate surface area is 304 Å². The Balaban J connectivity index is 0.000000331. The Morgan fingerprint density at radius 1 is 0.755 bits per heavy atom. The van der Waals surface area contributed by atoms with Gasteiger partial charge < -0.3 is 46.4 Å². The molecule has 1 aliphatic rings. The van der Waals surface area contributed by atoms with Crippen molar-refractivity contribution in [3.8, 4) is 0 Å². The van der Waals surface area contributed by atoms with E-state index in [0.29, 0.717) is 29.8 Å². The topological polar surface area (TPSA) is 284 Å². The number of hydrogen-bond acceptors (Lipinski definition) is 11. The van der Waals surface area contributed by atoms with Gasteiger partial charge in [-0.15, -0.1) is 0 Å². The van der Waals surface area contributed by atoms with Crippen LogP contribution >= 0.6 is 0 Å². The largest absolute Gasteiger partial charge is 0.357 e. The molecule has 1 unspecified atom stereocenters. The standard InChI is InChI=1S/C7H9N3O.2C7H8N2O2.C6H9N3O.C6H10N2O2/c1-5-3-10-6(4-9-5)7(11)8-2;1-8-7(11)5-2-3-6(10)9-4-5;1-8-6(10)5-3-2-4-9-7(5)11;1-7-6(10)5-3-9(2)4-8-5;1-7-6(10)4-2-3-5(9)8-4/h3-4H,1-2H3,(H,8,11);2-4H,1H3,(H,8,11)(H,9,10);2-4H,1H3,(H,8,10)(H,9,11);3-4H,1-2H3,(H,7,10);4H,2-3H2,1H3,(H,7,10)(H,8,9). The van der Waals surface area contributed by atoms with Crippen molar-refractivity contribution in [2.75, 3.05) is 35.2 Å². The minimum Gasteiger partial charge on any atom is -0.357 e. The molecular formula is C33H44N12O8. The summed E-state index contributed by atoms with van der Waals surface area (Å²) in [5, 5.41) is 14.8. The summed E-state index contributed by atoms with van der Waals surface area (Å²) in [6.45, 7) is 1.82. The van der Waals surface area contributed by atoms with Gasteiger partial charge in [0, 0.05) is 79.6 Å². The molecule has 5 heterocycles. The van der Waals surface area contributed by atoms with Crippen LogP contribution in [0.1, 0.15) is 60.2 Å². The first-order valence-corrected chi connectivity index (χ1v) is 15.7. The molecule has 4 aromatic heterocycles. The second kappa shape index (κ2) is 23.4. The zero-order valence-electron chi connectivity index (χ0n) is 30.3. The summed E-state index contributed by atoms with van der Waals surface area (Å²) in [5.74, 6) is -1.08. The average Bonchev–Trinajstić information content (AvgIpc) is 3.83. The highest BCUT2D eigenvalue weighted by Crippen LogP contribution is 2.05. The monoisotopic (exact) mass is 736 g/mol. The van der Waals surface area contributed by atoms with Crippen LogP contribution in [0.3, 0.4) is 0 Å². The first-order valence-electron chi connectivity index (χ1n) is 15.7. The van der Waals surface area contributed by atoms with E-state index in [2.05, 4.69) is 56.8 Å². The molecule has 0 aromatic carbocycles. The maximum absolute atomic E-state index is 10.9. The summed E-state index contributed by atoms with van der Waals surface area (Å²) >= 11 is 0. The first kappa shape index (κ1) is 44.0. The highest BCUT2D eigenvalue weighted by Gasteiger charge is 2.25. The molecule has 6 amide bonds. The number of nitrogens with one attached hydrogen (secondary N) is 8. The molecule has 20 heteroatoms. The highest BCUT2D eigenvalue weighted by atomic mass is 16.2. The Morgan fingerprint density at radius 2 is 1.40 bits per heavy atom. The summed E-state index contributed by atoms with van der Waals surface area (Å²) in [7, 11) is 9.54. The van der Waals surface area contributed by atoms with Gasteiger partial charge in [-0.1, -0.05) is 0 Å². The van der Waals surface area contributed by atoms with Crippen LogP contribution < -0.4 is 43.0 Å². The van der Waals surface area contributed by atoms with Crippen molar-refractivity contribution in [1.82, 2.24) is 61.4 Å². The number of aryl methyl sites for hydroxylation is 2. The van der Waals surface area contributed by atoms with Crippen LogP contribution in [-0.2, 0) is 16.6 Å². The number of aromatic amines is 2. The smallest absolute Gasteiger partial charge is 0.271 e. The number of amides is 6. The van der Waals surface area contributed by atoms with E-state index in [4.69, 9.17) is 0 Å². The van der Waals surface area contributed by atoms with Crippen LogP contribution in [0, 0.1) is 6.92 Å². The molecule has 0 saturated carbocycles. The van der Waals surface area contributed by atoms with Crippen molar-refractivity contribution in [2.24, 2.45) is 7.05 Å². The fourth-order valence-corrected chi connectivity index (χ4v) is 3.71. The quantitative estimate of drug-likeness (QED) is 0.116. The van der Waals surface area contributed by atoms with Gasteiger partial charge in [0.15, 0.2) is 0 Å². The lowest BCUT2D eigenvalue weighted by atomic mass is 10.2. The summed E-state index contributed by atoms with van der Waals surface area (Å²) in [4.78, 5) is 103. The van der Waals surface area contributed by atoms with Crippen molar-refractivity contribution in [2.45, 2.75) is 25.8 Å². The Hall–Kier alpha value is -6.99. The van der Waals surface area contributed by atoms with Crippen LogP contribution in [0.5, 0.6) is 0 Å². The van der Waals surface area contributed by atoms with Crippen LogP contribution in [0.4, 0.5) is 0 Å². The number of carbonyl (C=O) groups excluding carboxylic acids is 6. The lowest BCUT2D eigenvalue weighted by molar-refractivity contribution is -0.125. The van der Waals surface area contributed by atoms with E-state index in [0.717, 1.165) is 5.69 Å². The van der Waals surface area contributed by atoms with Crippen LogP contribution in [-0.4, -0.2) is 106 Å². The van der Waals surface area contributed by atoms with Crippen LogP contribution in [0.15, 0.2) is 71.2 Å². The zero-order chi connectivity index (χ0) is 39.9. The van der Waals surface area contributed by atoms with E-state index in [1.807, 2.05) is 14.0 Å². The fraction of sp³-hybridized carbons (Fsp3) is 0.303. The molecule has 0 spiro atoms. The third kappa shape index (κ3) is 16.1. The molecule has 1 aliphatic heterocycles. The van der Waals surface area contributed by atoms with Gasteiger partial charge >= 0.3 is 0 Å². The van der Waals surface area contributed by atoms with Crippen molar-refractivity contribution >= 4 is 35.4 Å². The molecule has 8 N–H and O–H groups in total. The lowest BCUT2D eigenvalue weighted by Crippen LogP contribution is -2.39. The van der Waals surface area contributed by atoms with Crippen molar-refractivity contribution in [1.29, 1.82) is 0 Å². The summed E-state index contributed by atoms with van der Waals surface area (Å²) < 4.78 is 1.73. The van der Waals surface area contributed by atoms with Crippen molar-refractivity contribution < 1.29 is 28.8 Å². The number of pyridine rings is 2. The lowest BCUT2D eigenvalue weighted by Gasteiger charge is -2.05. The van der Waals surface area contributed by atoms with E-state index in [1.165, 1.54) is 50.9 Å². The summed E-state index contributed by atoms with van der Waals surface area (Å²) in [6, 6.07) is 5.56. The van der Waals surface area contributed by atoms with E-state index in [1.54, 1.807) is 50.5 Å². The molecule has 5 rings (SSSR count). The van der Waals surface area contributed by atoms with Gasteiger partial charge in [0.05, 0.1) is 23.8 Å². The van der Waals surface area contributed by atoms with Gasteiger partial charge in [0.25, 0.3) is 29.2 Å².